The number of nitrogen functional groups attached to an aromatic ring is 1. The fourth-order valence-electron chi connectivity index (χ4n) is 3.93. The number of amidine groups is 1. The number of nitrogens with two attached hydrogens (primary N) is 1. The standard InChI is InChI=1S/C24H29N5O6S/c1-3-34-20-13-17(12-19-15(2)14-35-22(19)20)21(27-18-6-4-16(5-7-18)23(25)26)24(30)28-36(31,32)29-8-10-33-11-9-29/h4-7,12-14,21,27H,3,8-11H2,1-2H3,(H3,25,26)(H,28,30). The Morgan fingerprint density at radius 2 is 1.92 bits per heavy atom. The van der Waals surface area contributed by atoms with Gasteiger partial charge in [-0.25, -0.2) is 4.72 Å². The topological polar surface area (TPSA) is 160 Å². The lowest BCUT2D eigenvalue weighted by atomic mass is 10.0. The summed E-state index contributed by atoms with van der Waals surface area (Å²) in [7, 11) is -4.09. The van der Waals surface area contributed by atoms with Crippen molar-refractivity contribution >= 4 is 38.6 Å². The van der Waals surface area contributed by atoms with E-state index >= 15 is 0 Å². The summed E-state index contributed by atoms with van der Waals surface area (Å²) in [5.74, 6) is -0.407. The van der Waals surface area contributed by atoms with E-state index in [-0.39, 0.29) is 32.1 Å². The highest BCUT2D eigenvalue weighted by Gasteiger charge is 2.31. The molecule has 1 aliphatic heterocycles. The van der Waals surface area contributed by atoms with Gasteiger partial charge in [-0.1, -0.05) is 0 Å². The van der Waals surface area contributed by atoms with Crippen LogP contribution in [0.1, 0.15) is 29.7 Å². The smallest absolute Gasteiger partial charge is 0.304 e. The molecule has 1 aromatic heterocycles. The number of nitrogens with one attached hydrogen (secondary N) is 3. The van der Waals surface area contributed by atoms with E-state index in [1.807, 2.05) is 13.8 Å². The number of carbonyl (C=O) groups excluding carboxylic acids is 1. The zero-order valence-corrected chi connectivity index (χ0v) is 20.9. The summed E-state index contributed by atoms with van der Waals surface area (Å²) in [6.07, 6.45) is 1.60. The molecule has 1 saturated heterocycles. The molecule has 192 valence electrons. The van der Waals surface area contributed by atoms with E-state index in [1.54, 1.807) is 42.7 Å². The van der Waals surface area contributed by atoms with Crippen LogP contribution in [-0.4, -0.2) is 57.4 Å². The van der Waals surface area contributed by atoms with Gasteiger partial charge in [0.1, 0.15) is 11.9 Å². The van der Waals surface area contributed by atoms with E-state index in [4.69, 9.17) is 25.0 Å². The highest BCUT2D eigenvalue weighted by atomic mass is 32.2. The summed E-state index contributed by atoms with van der Waals surface area (Å²) < 4.78 is 45.9. The molecule has 5 N–H and O–H groups in total. The third-order valence-electron chi connectivity index (χ3n) is 5.80. The lowest BCUT2D eigenvalue weighted by Crippen LogP contribution is -2.50. The fraction of sp³-hybridized carbons (Fsp3) is 0.333. The number of hydrogen-bond acceptors (Lipinski definition) is 8. The van der Waals surface area contributed by atoms with Gasteiger partial charge in [0, 0.05) is 29.7 Å². The predicted octanol–water partition coefficient (Wildman–Crippen LogP) is 2.27. The van der Waals surface area contributed by atoms with Crippen molar-refractivity contribution in [2.24, 2.45) is 5.73 Å². The van der Waals surface area contributed by atoms with Crippen molar-refractivity contribution in [1.82, 2.24) is 9.03 Å². The van der Waals surface area contributed by atoms with Crippen LogP contribution in [0, 0.1) is 12.3 Å². The molecule has 0 aliphatic carbocycles. The predicted molar refractivity (Wildman–Crippen MR) is 135 cm³/mol. The second-order valence-corrected chi connectivity index (χ2v) is 9.97. The Hall–Kier alpha value is -3.61. The Morgan fingerprint density at radius 3 is 2.56 bits per heavy atom. The van der Waals surface area contributed by atoms with Gasteiger partial charge in [0.25, 0.3) is 5.91 Å². The van der Waals surface area contributed by atoms with E-state index in [0.717, 1.165) is 10.9 Å². The van der Waals surface area contributed by atoms with Gasteiger partial charge in [0.2, 0.25) is 0 Å². The lowest BCUT2D eigenvalue weighted by Gasteiger charge is -2.27. The van der Waals surface area contributed by atoms with Crippen LogP contribution in [0.5, 0.6) is 5.75 Å². The van der Waals surface area contributed by atoms with Crippen LogP contribution in [0.3, 0.4) is 0 Å². The number of carbonyl (C=O) groups is 1. The molecule has 1 unspecified atom stereocenters. The molecule has 0 bridgehead atoms. The van der Waals surface area contributed by atoms with Crippen molar-refractivity contribution in [3.8, 4) is 5.75 Å². The first-order valence-electron chi connectivity index (χ1n) is 11.4. The molecule has 1 aliphatic rings. The van der Waals surface area contributed by atoms with Gasteiger partial charge in [0.15, 0.2) is 11.3 Å². The van der Waals surface area contributed by atoms with Crippen LogP contribution < -0.4 is 20.5 Å². The molecule has 0 saturated carbocycles. The summed E-state index contributed by atoms with van der Waals surface area (Å²) in [6, 6.07) is 8.95. The molecule has 1 atom stereocenters. The minimum Gasteiger partial charge on any atom is -0.490 e. The Morgan fingerprint density at radius 1 is 1.22 bits per heavy atom. The third kappa shape index (κ3) is 5.45. The molecule has 1 fully saturated rings. The van der Waals surface area contributed by atoms with E-state index < -0.39 is 22.2 Å². The monoisotopic (exact) mass is 515 g/mol. The molecule has 36 heavy (non-hydrogen) atoms. The van der Waals surface area contributed by atoms with E-state index in [9.17, 15) is 13.2 Å². The highest BCUT2D eigenvalue weighted by molar-refractivity contribution is 7.87. The number of hydrogen-bond donors (Lipinski definition) is 4. The Labute approximate surface area is 209 Å². The second kappa shape index (κ2) is 10.6. The summed E-state index contributed by atoms with van der Waals surface area (Å²) in [6.45, 7) is 4.91. The number of anilines is 1. The number of morpholine rings is 1. The average molecular weight is 516 g/mol. The molecular formula is C24H29N5O6S. The van der Waals surface area contributed by atoms with Crippen LogP contribution in [0.4, 0.5) is 5.69 Å². The minimum absolute atomic E-state index is 0.0883. The Bertz CT molecular complexity index is 1360. The van der Waals surface area contributed by atoms with E-state index in [1.165, 1.54) is 4.31 Å². The van der Waals surface area contributed by atoms with Crippen molar-refractivity contribution in [2.75, 3.05) is 38.2 Å². The zero-order chi connectivity index (χ0) is 25.9. The maximum Gasteiger partial charge on any atom is 0.304 e. The number of nitrogens with zero attached hydrogens (tertiary/aromatic N) is 1. The maximum atomic E-state index is 13.5. The number of aryl methyl sites for hydroxylation is 1. The second-order valence-electron chi connectivity index (χ2n) is 8.30. The first-order chi connectivity index (χ1) is 17.2. The van der Waals surface area contributed by atoms with Crippen LogP contribution in [-0.2, 0) is 19.7 Å². The Kier molecular flexibility index (Phi) is 7.48. The van der Waals surface area contributed by atoms with Crippen molar-refractivity contribution in [3.63, 3.8) is 0 Å². The van der Waals surface area contributed by atoms with Crippen molar-refractivity contribution in [2.45, 2.75) is 19.9 Å². The molecule has 0 spiro atoms. The van der Waals surface area contributed by atoms with E-state index in [2.05, 4.69) is 10.0 Å². The van der Waals surface area contributed by atoms with Crippen molar-refractivity contribution in [3.05, 3.63) is 59.4 Å². The average Bonchev–Trinajstić information content (AvgIpc) is 3.24. The number of fused-ring (bicyclic) bond motifs is 1. The normalized spacial score (nSPS) is 15.4. The van der Waals surface area contributed by atoms with Gasteiger partial charge in [-0.2, -0.15) is 12.7 Å². The maximum absolute atomic E-state index is 13.5. The van der Waals surface area contributed by atoms with Gasteiger partial charge in [-0.05, 0) is 61.4 Å². The minimum atomic E-state index is -4.09. The van der Waals surface area contributed by atoms with E-state index in [0.29, 0.717) is 34.8 Å². The largest absolute Gasteiger partial charge is 0.490 e. The highest BCUT2D eigenvalue weighted by Crippen LogP contribution is 2.34. The molecule has 12 heteroatoms. The summed E-state index contributed by atoms with van der Waals surface area (Å²) in [5, 5.41) is 11.4. The SMILES string of the molecule is CCOc1cc(C(Nc2ccc(C(=N)N)cc2)C(=O)NS(=O)(=O)N2CCOCC2)cc2c(C)coc12. The molecular weight excluding hydrogens is 486 g/mol. The molecule has 0 radical (unpaired) electrons. The number of amides is 1. The van der Waals surface area contributed by atoms with Gasteiger partial charge < -0.3 is 24.9 Å². The molecule has 2 heterocycles. The zero-order valence-electron chi connectivity index (χ0n) is 20.0. The molecule has 1 amide bonds. The number of benzene rings is 2. The summed E-state index contributed by atoms with van der Waals surface area (Å²) >= 11 is 0. The van der Waals surface area contributed by atoms with Crippen molar-refractivity contribution in [1.29, 1.82) is 5.41 Å². The molecule has 4 rings (SSSR count). The van der Waals surface area contributed by atoms with Crippen LogP contribution in [0.25, 0.3) is 11.0 Å². The number of ether oxygens (including phenoxy) is 2. The van der Waals surface area contributed by atoms with Crippen molar-refractivity contribution < 1.29 is 27.1 Å². The number of rotatable bonds is 9. The van der Waals surface area contributed by atoms with Gasteiger partial charge in [0.05, 0.1) is 26.1 Å². The van der Waals surface area contributed by atoms with Crippen LogP contribution in [0.2, 0.25) is 0 Å². The van der Waals surface area contributed by atoms with Gasteiger partial charge in [-0.15, -0.1) is 0 Å². The van der Waals surface area contributed by atoms with Gasteiger partial charge in [-0.3, -0.25) is 10.2 Å². The first-order valence-corrected chi connectivity index (χ1v) is 12.9. The Balaban J connectivity index is 1.72. The molecule has 3 aromatic rings. The molecule has 11 nitrogen and oxygen atoms in total. The van der Waals surface area contributed by atoms with Crippen LogP contribution >= 0.6 is 0 Å². The van der Waals surface area contributed by atoms with Gasteiger partial charge >= 0.3 is 10.2 Å². The fourth-order valence-corrected chi connectivity index (χ4v) is 5.06. The number of furan rings is 1. The summed E-state index contributed by atoms with van der Waals surface area (Å²) in [4.78, 5) is 13.5. The van der Waals surface area contributed by atoms with Crippen LogP contribution in [0.15, 0.2) is 47.1 Å². The lowest BCUT2D eigenvalue weighted by molar-refractivity contribution is -0.120. The first kappa shape index (κ1) is 25.5. The summed E-state index contributed by atoms with van der Waals surface area (Å²) in [5.41, 5.74) is 8.47. The third-order valence-corrected chi connectivity index (χ3v) is 7.30. The quantitative estimate of drug-likeness (QED) is 0.249. The molecule has 2 aromatic carbocycles.